The monoisotopic (exact) mass is 379 g/mol. The first-order valence-electron chi connectivity index (χ1n) is 7.68. The molecule has 3 heterocycles. The van der Waals surface area contributed by atoms with Crippen molar-refractivity contribution in [3.05, 3.63) is 50.8 Å². The second kappa shape index (κ2) is 6.31. The summed E-state index contributed by atoms with van der Waals surface area (Å²) in [6, 6.07) is 9.67. The molecule has 0 atom stereocenters. The van der Waals surface area contributed by atoms with Crippen molar-refractivity contribution >= 4 is 57.0 Å². The molecule has 1 fully saturated rings. The summed E-state index contributed by atoms with van der Waals surface area (Å²) < 4.78 is 1.39. The molecule has 4 nitrogen and oxygen atoms in total. The Morgan fingerprint density at radius 1 is 1.08 bits per heavy atom. The van der Waals surface area contributed by atoms with E-state index in [0.29, 0.717) is 21.8 Å². The fraction of sp³-hybridized carbons (Fsp3) is 0.235. The van der Waals surface area contributed by atoms with Crippen molar-refractivity contribution in [1.29, 1.82) is 0 Å². The maximum Gasteiger partial charge on any atom is 0.254 e. The zero-order chi connectivity index (χ0) is 16.7. The molecule has 4 rings (SSSR count). The van der Waals surface area contributed by atoms with E-state index in [1.54, 1.807) is 0 Å². The molecule has 1 aliphatic rings. The lowest BCUT2D eigenvalue weighted by molar-refractivity contribution is 0.0747. The van der Waals surface area contributed by atoms with Crippen LogP contribution in [-0.4, -0.2) is 42.0 Å². The van der Waals surface area contributed by atoms with Crippen LogP contribution in [-0.2, 0) is 0 Å². The third-order valence-electron chi connectivity index (χ3n) is 4.35. The number of aromatic nitrogens is 1. The van der Waals surface area contributed by atoms with Gasteiger partial charge in [-0.15, -0.1) is 11.3 Å². The van der Waals surface area contributed by atoms with E-state index in [9.17, 15) is 4.79 Å². The largest absolute Gasteiger partial charge is 0.366 e. The Morgan fingerprint density at radius 2 is 1.88 bits per heavy atom. The fourth-order valence-electron chi connectivity index (χ4n) is 3.06. The molecule has 1 amide bonds. The molecule has 1 aliphatic heterocycles. The molecule has 0 radical (unpaired) electrons. The molecule has 124 valence electrons. The third kappa shape index (κ3) is 2.88. The van der Waals surface area contributed by atoms with E-state index in [2.05, 4.69) is 9.88 Å². The van der Waals surface area contributed by atoms with Gasteiger partial charge in [0.1, 0.15) is 4.34 Å². The summed E-state index contributed by atoms with van der Waals surface area (Å²) in [5.74, 6) is 0.0700. The SMILES string of the molecule is O=C(c1ccc2cc[nH]c2c1)N1CCN(c2cc(Cl)sc2Cl)CC1. The molecule has 7 heteroatoms. The number of H-pyrrole nitrogens is 1. The van der Waals surface area contributed by atoms with Crippen LogP contribution in [0.25, 0.3) is 10.9 Å². The summed E-state index contributed by atoms with van der Waals surface area (Å²) in [6.45, 7) is 2.85. The second-order valence-electron chi connectivity index (χ2n) is 5.77. The van der Waals surface area contributed by atoms with Crippen molar-refractivity contribution in [2.24, 2.45) is 0 Å². The Balaban J connectivity index is 1.47. The molecular weight excluding hydrogens is 365 g/mol. The number of nitrogens with one attached hydrogen (secondary N) is 1. The number of amides is 1. The van der Waals surface area contributed by atoms with E-state index < -0.39 is 0 Å². The fourth-order valence-corrected chi connectivity index (χ4v) is 4.57. The number of hydrogen-bond donors (Lipinski definition) is 1. The maximum absolute atomic E-state index is 12.7. The van der Waals surface area contributed by atoms with E-state index >= 15 is 0 Å². The Kier molecular flexibility index (Phi) is 4.16. The topological polar surface area (TPSA) is 39.3 Å². The van der Waals surface area contributed by atoms with Gasteiger partial charge in [-0.1, -0.05) is 29.3 Å². The lowest BCUT2D eigenvalue weighted by Crippen LogP contribution is -2.48. The number of rotatable bonds is 2. The van der Waals surface area contributed by atoms with E-state index in [1.807, 2.05) is 41.4 Å². The molecule has 3 aromatic rings. The first-order valence-corrected chi connectivity index (χ1v) is 9.25. The van der Waals surface area contributed by atoms with Crippen LogP contribution in [0.1, 0.15) is 10.4 Å². The van der Waals surface area contributed by atoms with E-state index in [-0.39, 0.29) is 5.91 Å². The van der Waals surface area contributed by atoms with Crippen molar-refractivity contribution in [2.45, 2.75) is 0 Å². The molecule has 2 aromatic heterocycles. The van der Waals surface area contributed by atoms with Crippen LogP contribution in [0, 0.1) is 0 Å². The van der Waals surface area contributed by atoms with Crippen LogP contribution < -0.4 is 4.90 Å². The second-order valence-corrected chi connectivity index (χ2v) is 8.05. The standard InChI is InChI=1S/C17H15Cl2N3OS/c18-15-10-14(16(19)24-15)21-5-7-22(8-6-21)17(23)12-2-1-11-3-4-20-13(11)9-12/h1-4,9-10,20H,5-8H2. The average Bonchev–Trinajstić information content (AvgIpc) is 3.19. The predicted octanol–water partition coefficient (Wildman–Crippen LogP) is 4.50. The number of benzene rings is 1. The molecule has 0 saturated carbocycles. The van der Waals surface area contributed by atoms with Gasteiger partial charge >= 0.3 is 0 Å². The van der Waals surface area contributed by atoms with Crippen molar-refractivity contribution in [2.75, 3.05) is 31.1 Å². The first kappa shape index (κ1) is 15.8. The number of carbonyl (C=O) groups is 1. The van der Waals surface area contributed by atoms with Gasteiger partial charge < -0.3 is 14.8 Å². The van der Waals surface area contributed by atoms with Crippen molar-refractivity contribution < 1.29 is 4.79 Å². The quantitative estimate of drug-likeness (QED) is 0.711. The van der Waals surface area contributed by atoms with E-state index in [1.165, 1.54) is 11.3 Å². The van der Waals surface area contributed by atoms with Crippen molar-refractivity contribution in [3.63, 3.8) is 0 Å². The third-order valence-corrected chi connectivity index (χ3v) is 5.82. The number of carbonyl (C=O) groups excluding carboxylic acids is 1. The summed E-state index contributed by atoms with van der Waals surface area (Å²) >= 11 is 13.6. The van der Waals surface area contributed by atoms with Crippen LogP contribution in [0.4, 0.5) is 5.69 Å². The number of thiophene rings is 1. The number of nitrogens with zero attached hydrogens (tertiary/aromatic N) is 2. The van der Waals surface area contributed by atoms with E-state index in [0.717, 1.165) is 35.2 Å². The Labute approximate surface area is 153 Å². The lowest BCUT2D eigenvalue weighted by Gasteiger charge is -2.35. The number of aromatic amines is 1. The van der Waals surface area contributed by atoms with Crippen LogP contribution in [0.5, 0.6) is 0 Å². The summed E-state index contributed by atoms with van der Waals surface area (Å²) in [7, 11) is 0. The Morgan fingerprint density at radius 3 is 2.58 bits per heavy atom. The molecule has 0 spiro atoms. The van der Waals surface area contributed by atoms with Gasteiger partial charge in [-0.05, 0) is 29.7 Å². The molecule has 0 unspecified atom stereocenters. The highest BCUT2D eigenvalue weighted by atomic mass is 35.5. The average molecular weight is 380 g/mol. The highest BCUT2D eigenvalue weighted by Gasteiger charge is 2.24. The van der Waals surface area contributed by atoms with Crippen LogP contribution >= 0.6 is 34.5 Å². The zero-order valence-corrected chi connectivity index (χ0v) is 15.1. The van der Waals surface area contributed by atoms with E-state index in [4.69, 9.17) is 23.2 Å². The minimum absolute atomic E-state index is 0.0700. The normalized spacial score (nSPS) is 15.2. The van der Waals surface area contributed by atoms with Gasteiger partial charge in [0.05, 0.1) is 10.0 Å². The smallest absolute Gasteiger partial charge is 0.254 e. The lowest BCUT2D eigenvalue weighted by atomic mass is 10.1. The van der Waals surface area contributed by atoms with Gasteiger partial charge in [0.15, 0.2) is 0 Å². The van der Waals surface area contributed by atoms with Crippen LogP contribution in [0.2, 0.25) is 8.67 Å². The number of piperazine rings is 1. The minimum Gasteiger partial charge on any atom is -0.366 e. The number of fused-ring (bicyclic) bond motifs is 1. The molecule has 0 aliphatic carbocycles. The summed E-state index contributed by atoms with van der Waals surface area (Å²) in [4.78, 5) is 20.0. The van der Waals surface area contributed by atoms with Gasteiger partial charge in [0.25, 0.3) is 5.91 Å². The summed E-state index contributed by atoms with van der Waals surface area (Å²) in [6.07, 6.45) is 1.88. The van der Waals surface area contributed by atoms with Crippen LogP contribution in [0.3, 0.4) is 0 Å². The molecule has 24 heavy (non-hydrogen) atoms. The van der Waals surface area contributed by atoms with Crippen molar-refractivity contribution in [3.8, 4) is 0 Å². The Hall–Kier alpha value is -1.69. The summed E-state index contributed by atoms with van der Waals surface area (Å²) in [5, 5.41) is 1.11. The first-order chi connectivity index (χ1) is 11.6. The van der Waals surface area contributed by atoms with Gasteiger partial charge in [0, 0.05) is 43.5 Å². The van der Waals surface area contributed by atoms with Gasteiger partial charge in [0.2, 0.25) is 0 Å². The Bertz CT molecular complexity index is 896. The van der Waals surface area contributed by atoms with Gasteiger partial charge in [-0.25, -0.2) is 0 Å². The molecule has 1 aromatic carbocycles. The number of hydrogen-bond acceptors (Lipinski definition) is 3. The van der Waals surface area contributed by atoms with Crippen LogP contribution in [0.15, 0.2) is 36.5 Å². The highest BCUT2D eigenvalue weighted by molar-refractivity contribution is 7.20. The molecule has 1 saturated heterocycles. The van der Waals surface area contributed by atoms with Crippen molar-refractivity contribution in [1.82, 2.24) is 9.88 Å². The van der Waals surface area contributed by atoms with Gasteiger partial charge in [-0.3, -0.25) is 4.79 Å². The van der Waals surface area contributed by atoms with Gasteiger partial charge in [-0.2, -0.15) is 0 Å². The highest BCUT2D eigenvalue weighted by Crippen LogP contribution is 2.38. The number of halogens is 2. The molecule has 0 bridgehead atoms. The zero-order valence-electron chi connectivity index (χ0n) is 12.8. The minimum atomic E-state index is 0.0700. The predicted molar refractivity (Wildman–Crippen MR) is 101 cm³/mol. The molecule has 1 N–H and O–H groups in total. The maximum atomic E-state index is 12.7. The summed E-state index contributed by atoms with van der Waals surface area (Å²) in [5.41, 5.74) is 2.67. The molecular formula is C17H15Cl2N3OS. The number of anilines is 1.